The van der Waals surface area contributed by atoms with Crippen molar-refractivity contribution in [2.45, 2.75) is 31.3 Å². The molecule has 5 heteroatoms. The average Bonchev–Trinajstić information content (AvgIpc) is 2.69. The standard InChI is InChI=1S/C21H21N3O2/c25-21(26)19-9-3-4-11-24(19)20(16-7-5-10-22-13-16)17-12-15-6-1-2-8-18(15)23-14-17/h1-2,5-8,10,12-14,19-20H,3-4,9,11H2,(H,25,26). The minimum Gasteiger partial charge on any atom is -0.480 e. The van der Waals surface area contributed by atoms with Crippen molar-refractivity contribution < 1.29 is 9.90 Å². The molecule has 0 radical (unpaired) electrons. The maximum absolute atomic E-state index is 11.9. The molecule has 2 atom stereocenters. The van der Waals surface area contributed by atoms with E-state index in [1.54, 1.807) is 6.20 Å². The molecule has 2 aromatic heterocycles. The topological polar surface area (TPSA) is 66.3 Å². The summed E-state index contributed by atoms with van der Waals surface area (Å²) < 4.78 is 0. The van der Waals surface area contributed by atoms with Crippen LogP contribution in [0.3, 0.4) is 0 Å². The first-order chi connectivity index (χ1) is 12.7. The zero-order valence-corrected chi connectivity index (χ0v) is 14.5. The summed E-state index contributed by atoms with van der Waals surface area (Å²) in [5.74, 6) is -0.757. The molecule has 1 aromatic carbocycles. The Morgan fingerprint density at radius 3 is 2.81 bits per heavy atom. The van der Waals surface area contributed by atoms with Gasteiger partial charge in [-0.15, -0.1) is 0 Å². The number of rotatable bonds is 4. The highest BCUT2D eigenvalue weighted by molar-refractivity contribution is 5.79. The van der Waals surface area contributed by atoms with E-state index in [1.807, 2.05) is 48.8 Å². The molecule has 2 unspecified atom stereocenters. The molecule has 3 aromatic rings. The summed E-state index contributed by atoms with van der Waals surface area (Å²) in [5, 5.41) is 10.8. The zero-order chi connectivity index (χ0) is 17.9. The molecule has 132 valence electrons. The second-order valence-electron chi connectivity index (χ2n) is 6.74. The summed E-state index contributed by atoms with van der Waals surface area (Å²) in [6.45, 7) is 0.753. The number of pyridine rings is 2. The summed E-state index contributed by atoms with van der Waals surface area (Å²) >= 11 is 0. The van der Waals surface area contributed by atoms with E-state index in [-0.39, 0.29) is 6.04 Å². The first-order valence-corrected chi connectivity index (χ1v) is 8.97. The molecule has 4 rings (SSSR count). The minimum absolute atomic E-state index is 0.165. The maximum atomic E-state index is 11.9. The van der Waals surface area contributed by atoms with Crippen molar-refractivity contribution in [3.8, 4) is 0 Å². The average molecular weight is 347 g/mol. The van der Waals surface area contributed by atoms with Crippen LogP contribution in [-0.2, 0) is 4.79 Å². The Hall–Kier alpha value is -2.79. The van der Waals surface area contributed by atoms with Crippen LogP contribution in [0.2, 0.25) is 0 Å². The molecule has 1 aliphatic heterocycles. The number of fused-ring (bicyclic) bond motifs is 1. The van der Waals surface area contributed by atoms with Crippen molar-refractivity contribution in [3.05, 3.63) is 72.2 Å². The van der Waals surface area contributed by atoms with E-state index >= 15 is 0 Å². The summed E-state index contributed by atoms with van der Waals surface area (Å²) in [5.41, 5.74) is 2.94. The second-order valence-corrected chi connectivity index (χ2v) is 6.74. The van der Waals surface area contributed by atoms with Gasteiger partial charge in [-0.2, -0.15) is 0 Å². The van der Waals surface area contributed by atoms with E-state index in [2.05, 4.69) is 20.9 Å². The summed E-state index contributed by atoms with van der Waals surface area (Å²) in [4.78, 5) is 22.8. The molecule has 1 saturated heterocycles. The largest absolute Gasteiger partial charge is 0.480 e. The molecular formula is C21H21N3O2. The number of aromatic nitrogens is 2. The number of benzene rings is 1. The number of hydrogen-bond acceptors (Lipinski definition) is 4. The number of aliphatic carboxylic acids is 1. The van der Waals surface area contributed by atoms with Gasteiger partial charge < -0.3 is 5.11 Å². The first-order valence-electron chi connectivity index (χ1n) is 8.97. The zero-order valence-electron chi connectivity index (χ0n) is 14.5. The van der Waals surface area contributed by atoms with Crippen LogP contribution < -0.4 is 0 Å². The van der Waals surface area contributed by atoms with E-state index in [4.69, 9.17) is 0 Å². The lowest BCUT2D eigenvalue weighted by Crippen LogP contribution is -2.46. The molecule has 0 spiro atoms. The summed E-state index contributed by atoms with van der Waals surface area (Å²) in [6, 6.07) is 13.4. The number of carboxylic acids is 1. The Bertz CT molecular complexity index is 913. The van der Waals surface area contributed by atoms with Gasteiger partial charge in [0.2, 0.25) is 0 Å². The maximum Gasteiger partial charge on any atom is 0.320 e. The van der Waals surface area contributed by atoms with Gasteiger partial charge in [-0.3, -0.25) is 19.7 Å². The predicted octanol–water partition coefficient (Wildman–Crippen LogP) is 3.66. The van der Waals surface area contributed by atoms with E-state index in [0.717, 1.165) is 41.4 Å². The molecule has 26 heavy (non-hydrogen) atoms. The van der Waals surface area contributed by atoms with Gasteiger partial charge in [0.1, 0.15) is 6.04 Å². The van der Waals surface area contributed by atoms with Gasteiger partial charge in [-0.25, -0.2) is 0 Å². The van der Waals surface area contributed by atoms with Gasteiger partial charge in [-0.1, -0.05) is 30.7 Å². The number of hydrogen-bond donors (Lipinski definition) is 1. The SMILES string of the molecule is O=C(O)C1CCCCN1C(c1cccnc1)c1cnc2ccccc2c1. The van der Waals surface area contributed by atoms with Crippen molar-refractivity contribution in [1.82, 2.24) is 14.9 Å². The summed E-state index contributed by atoms with van der Waals surface area (Å²) in [7, 11) is 0. The number of piperidine rings is 1. The Morgan fingerprint density at radius 2 is 2.00 bits per heavy atom. The fourth-order valence-corrected chi connectivity index (χ4v) is 3.88. The Balaban J connectivity index is 1.83. The molecule has 0 bridgehead atoms. The molecule has 1 fully saturated rings. The van der Waals surface area contributed by atoms with E-state index in [9.17, 15) is 9.90 Å². The van der Waals surface area contributed by atoms with Crippen LogP contribution in [0, 0.1) is 0 Å². The molecule has 0 saturated carbocycles. The number of nitrogens with zero attached hydrogens (tertiary/aromatic N) is 3. The Morgan fingerprint density at radius 1 is 1.12 bits per heavy atom. The molecule has 1 N–H and O–H groups in total. The van der Waals surface area contributed by atoms with Crippen LogP contribution in [0.5, 0.6) is 0 Å². The van der Waals surface area contributed by atoms with Gasteiger partial charge in [0.05, 0.1) is 11.6 Å². The third-order valence-corrected chi connectivity index (χ3v) is 5.09. The molecule has 1 aliphatic rings. The van der Waals surface area contributed by atoms with Gasteiger partial charge >= 0.3 is 5.97 Å². The normalized spacial score (nSPS) is 19.3. The van der Waals surface area contributed by atoms with Crippen molar-refractivity contribution in [1.29, 1.82) is 0 Å². The van der Waals surface area contributed by atoms with Crippen LogP contribution in [0.4, 0.5) is 0 Å². The van der Waals surface area contributed by atoms with Crippen molar-refractivity contribution in [2.75, 3.05) is 6.54 Å². The monoisotopic (exact) mass is 347 g/mol. The highest BCUT2D eigenvalue weighted by Crippen LogP contribution is 2.34. The number of likely N-dealkylation sites (tertiary alicyclic amines) is 1. The van der Waals surface area contributed by atoms with Crippen LogP contribution in [0.1, 0.15) is 36.4 Å². The van der Waals surface area contributed by atoms with Crippen molar-refractivity contribution in [3.63, 3.8) is 0 Å². The third kappa shape index (κ3) is 3.18. The fourth-order valence-electron chi connectivity index (χ4n) is 3.88. The number of carbonyl (C=O) groups is 1. The van der Waals surface area contributed by atoms with Gasteiger partial charge in [0.25, 0.3) is 0 Å². The van der Waals surface area contributed by atoms with Crippen LogP contribution in [0.25, 0.3) is 10.9 Å². The molecule has 0 amide bonds. The number of carboxylic acid groups (broad SMARTS) is 1. The fraction of sp³-hybridized carbons (Fsp3) is 0.286. The Kier molecular flexibility index (Phi) is 4.63. The van der Waals surface area contributed by atoms with E-state index < -0.39 is 12.0 Å². The third-order valence-electron chi connectivity index (χ3n) is 5.09. The minimum atomic E-state index is -0.757. The molecular weight excluding hydrogens is 326 g/mol. The van der Waals surface area contributed by atoms with Crippen LogP contribution in [0.15, 0.2) is 61.1 Å². The lowest BCUT2D eigenvalue weighted by atomic mass is 9.92. The lowest BCUT2D eigenvalue weighted by Gasteiger charge is -2.39. The molecule has 0 aliphatic carbocycles. The van der Waals surface area contributed by atoms with E-state index in [0.29, 0.717) is 6.42 Å². The smallest absolute Gasteiger partial charge is 0.320 e. The molecule has 3 heterocycles. The van der Waals surface area contributed by atoms with Gasteiger partial charge in [0.15, 0.2) is 0 Å². The van der Waals surface area contributed by atoms with Gasteiger partial charge in [-0.05, 0) is 48.7 Å². The number of para-hydroxylation sites is 1. The summed E-state index contributed by atoms with van der Waals surface area (Å²) in [6.07, 6.45) is 8.06. The van der Waals surface area contributed by atoms with Crippen molar-refractivity contribution in [2.24, 2.45) is 0 Å². The van der Waals surface area contributed by atoms with Crippen molar-refractivity contribution >= 4 is 16.9 Å². The first kappa shape index (κ1) is 16.7. The lowest BCUT2D eigenvalue weighted by molar-refractivity contribution is -0.145. The quantitative estimate of drug-likeness (QED) is 0.780. The van der Waals surface area contributed by atoms with E-state index in [1.165, 1.54) is 0 Å². The van der Waals surface area contributed by atoms with Crippen LogP contribution >= 0.6 is 0 Å². The highest BCUT2D eigenvalue weighted by Gasteiger charge is 2.35. The second kappa shape index (κ2) is 7.22. The van der Waals surface area contributed by atoms with Crippen LogP contribution in [-0.4, -0.2) is 38.5 Å². The molecule has 5 nitrogen and oxygen atoms in total. The highest BCUT2D eigenvalue weighted by atomic mass is 16.4. The predicted molar refractivity (Wildman–Crippen MR) is 99.8 cm³/mol. The van der Waals surface area contributed by atoms with Gasteiger partial charge in [0, 0.05) is 24.0 Å². The Labute approximate surface area is 152 Å².